The van der Waals surface area contributed by atoms with Gasteiger partial charge in [0.1, 0.15) is 12.4 Å². The van der Waals surface area contributed by atoms with E-state index in [0.29, 0.717) is 13.2 Å². The van der Waals surface area contributed by atoms with Gasteiger partial charge < -0.3 is 14.3 Å². The summed E-state index contributed by atoms with van der Waals surface area (Å²) in [4.78, 5) is 0. The van der Waals surface area contributed by atoms with E-state index in [2.05, 4.69) is 10.5 Å². The van der Waals surface area contributed by atoms with Gasteiger partial charge in [-0.25, -0.2) is 0 Å². The Hall–Kier alpha value is -1.89. The second-order valence-electron chi connectivity index (χ2n) is 4.68. The molecule has 0 fully saturated rings. The van der Waals surface area contributed by atoms with E-state index in [1.54, 1.807) is 22.3 Å². The van der Waals surface area contributed by atoms with Crippen LogP contribution in [0.4, 0.5) is 0 Å². The summed E-state index contributed by atoms with van der Waals surface area (Å²) in [5.74, 6) is 0.751. The molecular formula is C15H16N2O3S. The van der Waals surface area contributed by atoms with Crippen LogP contribution < -0.4 is 0 Å². The molecule has 0 unspecified atom stereocenters. The Morgan fingerprint density at radius 2 is 2.33 bits per heavy atom. The van der Waals surface area contributed by atoms with Gasteiger partial charge in [0.15, 0.2) is 0 Å². The zero-order chi connectivity index (χ0) is 14.5. The highest BCUT2D eigenvalue weighted by molar-refractivity contribution is 7.08. The van der Waals surface area contributed by atoms with Crippen LogP contribution >= 0.6 is 11.3 Å². The lowest BCUT2D eigenvalue weighted by atomic mass is 10.2. The van der Waals surface area contributed by atoms with Gasteiger partial charge in [-0.15, -0.1) is 0 Å². The molecule has 0 aliphatic heterocycles. The monoisotopic (exact) mass is 304 g/mol. The highest BCUT2D eigenvalue weighted by Crippen LogP contribution is 2.19. The topological polar surface area (TPSA) is 60.4 Å². The summed E-state index contributed by atoms with van der Waals surface area (Å²) in [5, 5.41) is 18.5. The predicted molar refractivity (Wildman–Crippen MR) is 79.9 cm³/mol. The molecule has 3 aromatic rings. The van der Waals surface area contributed by atoms with E-state index in [9.17, 15) is 5.11 Å². The minimum Gasteiger partial charge on any atom is -0.467 e. The first-order valence-electron chi connectivity index (χ1n) is 6.65. The lowest BCUT2D eigenvalue weighted by Gasteiger charge is -2.10. The van der Waals surface area contributed by atoms with Crippen molar-refractivity contribution < 1.29 is 14.3 Å². The molecular weight excluding hydrogens is 288 g/mol. The summed E-state index contributed by atoms with van der Waals surface area (Å²) in [6, 6.07) is 7.62. The van der Waals surface area contributed by atoms with Gasteiger partial charge in [0, 0.05) is 17.1 Å². The SMILES string of the molecule is O[C@H](COCc1ccco1)Cn1ccc(-c2ccsc2)n1. The Balaban J connectivity index is 1.47. The van der Waals surface area contributed by atoms with Crippen molar-refractivity contribution in [2.45, 2.75) is 19.3 Å². The molecule has 0 aliphatic rings. The van der Waals surface area contributed by atoms with Crippen LogP contribution in [0.5, 0.6) is 0 Å². The van der Waals surface area contributed by atoms with Crippen LogP contribution in [0.1, 0.15) is 5.76 Å². The molecule has 1 N–H and O–H groups in total. The van der Waals surface area contributed by atoms with Gasteiger partial charge >= 0.3 is 0 Å². The standard InChI is InChI=1S/C15H16N2O3S/c18-13(9-19-10-14-2-1-6-20-14)8-17-5-3-15(16-17)12-4-7-21-11-12/h1-7,11,13,18H,8-10H2/t13-/m0/s1. The number of furan rings is 1. The smallest absolute Gasteiger partial charge is 0.129 e. The third-order valence-corrected chi connectivity index (χ3v) is 3.67. The van der Waals surface area contributed by atoms with E-state index in [1.165, 1.54) is 0 Å². The Morgan fingerprint density at radius 1 is 1.38 bits per heavy atom. The van der Waals surface area contributed by atoms with Gasteiger partial charge in [0.25, 0.3) is 0 Å². The van der Waals surface area contributed by atoms with Crippen LogP contribution in [0.15, 0.2) is 51.9 Å². The fourth-order valence-electron chi connectivity index (χ4n) is 1.99. The van der Waals surface area contributed by atoms with Gasteiger partial charge in [0.05, 0.1) is 31.2 Å². The summed E-state index contributed by atoms with van der Waals surface area (Å²) >= 11 is 1.64. The molecule has 6 heteroatoms. The number of rotatable bonds is 7. The molecule has 0 amide bonds. The van der Waals surface area contributed by atoms with Crippen LogP contribution in [0.3, 0.4) is 0 Å². The Bertz CT molecular complexity index is 646. The van der Waals surface area contributed by atoms with Crippen molar-refractivity contribution in [1.29, 1.82) is 0 Å². The largest absolute Gasteiger partial charge is 0.467 e. The van der Waals surface area contributed by atoms with Crippen molar-refractivity contribution in [3.63, 3.8) is 0 Å². The maximum Gasteiger partial charge on any atom is 0.129 e. The molecule has 3 heterocycles. The molecule has 21 heavy (non-hydrogen) atoms. The van der Waals surface area contributed by atoms with Crippen molar-refractivity contribution in [1.82, 2.24) is 9.78 Å². The third kappa shape index (κ3) is 3.81. The zero-order valence-electron chi connectivity index (χ0n) is 11.4. The molecule has 0 bridgehead atoms. The molecule has 0 saturated carbocycles. The zero-order valence-corrected chi connectivity index (χ0v) is 12.2. The maximum absolute atomic E-state index is 9.96. The molecule has 0 aliphatic carbocycles. The molecule has 3 aromatic heterocycles. The number of aliphatic hydroxyl groups is 1. The minimum atomic E-state index is -0.602. The van der Waals surface area contributed by atoms with Crippen LogP contribution in [-0.2, 0) is 17.9 Å². The van der Waals surface area contributed by atoms with Gasteiger partial charge in [-0.1, -0.05) is 0 Å². The van der Waals surface area contributed by atoms with E-state index in [1.807, 2.05) is 35.8 Å². The van der Waals surface area contributed by atoms with Crippen molar-refractivity contribution >= 4 is 11.3 Å². The molecule has 0 radical (unpaired) electrons. The van der Waals surface area contributed by atoms with E-state index in [-0.39, 0.29) is 6.61 Å². The number of thiophene rings is 1. The number of hydrogen-bond donors (Lipinski definition) is 1. The Labute approximate surface area is 126 Å². The van der Waals surface area contributed by atoms with E-state index in [4.69, 9.17) is 9.15 Å². The molecule has 0 spiro atoms. The Morgan fingerprint density at radius 3 is 3.10 bits per heavy atom. The average Bonchev–Trinajstić information content (AvgIpc) is 3.21. The summed E-state index contributed by atoms with van der Waals surface area (Å²) in [6.07, 6.45) is 2.86. The number of nitrogens with zero attached hydrogens (tertiary/aromatic N) is 2. The van der Waals surface area contributed by atoms with Crippen LogP contribution in [0, 0.1) is 0 Å². The van der Waals surface area contributed by atoms with Crippen molar-refractivity contribution in [3.8, 4) is 11.3 Å². The van der Waals surface area contributed by atoms with E-state index < -0.39 is 6.10 Å². The molecule has 1 atom stereocenters. The number of hydrogen-bond acceptors (Lipinski definition) is 5. The Kier molecular flexibility index (Phi) is 4.49. The van der Waals surface area contributed by atoms with Crippen molar-refractivity contribution in [2.24, 2.45) is 0 Å². The normalized spacial score (nSPS) is 12.6. The van der Waals surface area contributed by atoms with Gasteiger partial charge in [0.2, 0.25) is 0 Å². The molecule has 5 nitrogen and oxygen atoms in total. The summed E-state index contributed by atoms with van der Waals surface area (Å²) in [6.45, 7) is 1.01. The fourth-order valence-corrected chi connectivity index (χ4v) is 2.64. The van der Waals surface area contributed by atoms with Crippen LogP contribution in [0.2, 0.25) is 0 Å². The van der Waals surface area contributed by atoms with Gasteiger partial charge in [-0.3, -0.25) is 4.68 Å². The van der Waals surface area contributed by atoms with Crippen LogP contribution in [-0.4, -0.2) is 27.6 Å². The van der Waals surface area contributed by atoms with E-state index >= 15 is 0 Å². The first-order chi connectivity index (χ1) is 10.3. The molecule has 0 saturated heterocycles. The molecule has 110 valence electrons. The van der Waals surface area contributed by atoms with Crippen molar-refractivity contribution in [3.05, 3.63) is 53.2 Å². The predicted octanol–water partition coefficient (Wildman–Crippen LogP) is 2.78. The highest BCUT2D eigenvalue weighted by atomic mass is 32.1. The second-order valence-corrected chi connectivity index (χ2v) is 5.46. The second kappa shape index (κ2) is 6.71. The van der Waals surface area contributed by atoms with Gasteiger partial charge in [-0.2, -0.15) is 16.4 Å². The van der Waals surface area contributed by atoms with Crippen LogP contribution in [0.25, 0.3) is 11.3 Å². The van der Waals surface area contributed by atoms with Crippen molar-refractivity contribution in [2.75, 3.05) is 6.61 Å². The minimum absolute atomic E-state index is 0.244. The highest BCUT2D eigenvalue weighted by Gasteiger charge is 2.09. The quantitative estimate of drug-likeness (QED) is 0.729. The first-order valence-corrected chi connectivity index (χ1v) is 7.60. The third-order valence-electron chi connectivity index (χ3n) is 2.99. The fraction of sp³-hybridized carbons (Fsp3) is 0.267. The summed E-state index contributed by atoms with van der Waals surface area (Å²) in [5.41, 5.74) is 2.02. The van der Waals surface area contributed by atoms with Gasteiger partial charge in [-0.05, 0) is 29.6 Å². The lowest BCUT2D eigenvalue weighted by Crippen LogP contribution is -2.22. The van der Waals surface area contributed by atoms with E-state index in [0.717, 1.165) is 17.0 Å². The average molecular weight is 304 g/mol. The lowest BCUT2D eigenvalue weighted by molar-refractivity contribution is 0.0132. The first kappa shape index (κ1) is 14.1. The molecule has 3 rings (SSSR count). The number of aliphatic hydroxyl groups excluding tert-OH is 1. The maximum atomic E-state index is 9.96. The molecule has 0 aromatic carbocycles. The summed E-state index contributed by atoms with van der Waals surface area (Å²) < 4.78 is 12.3. The summed E-state index contributed by atoms with van der Waals surface area (Å²) in [7, 11) is 0. The number of ether oxygens (including phenoxy) is 1. The number of aromatic nitrogens is 2.